The molecule has 0 heterocycles. The summed E-state index contributed by atoms with van der Waals surface area (Å²) in [5.41, 5.74) is 7.02. The average Bonchev–Trinajstić information content (AvgIpc) is 2.90. The Labute approximate surface area is 124 Å². The van der Waals surface area contributed by atoms with E-state index in [1.807, 2.05) is 6.07 Å². The highest BCUT2D eigenvalue weighted by molar-refractivity contribution is 5.89. The van der Waals surface area contributed by atoms with Gasteiger partial charge in [0.2, 0.25) is 5.91 Å². The SMILES string of the molecule is CN(CCc1ccccc1C(=O)O)C(=O)C1CCCC1N. The third-order valence-corrected chi connectivity index (χ3v) is 4.23. The minimum absolute atomic E-state index is 0.0359. The predicted octanol–water partition coefficient (Wildman–Crippen LogP) is 1.51. The van der Waals surface area contributed by atoms with Gasteiger partial charge in [-0.1, -0.05) is 24.6 Å². The number of benzene rings is 1. The molecule has 1 amide bonds. The van der Waals surface area contributed by atoms with Crippen molar-refractivity contribution in [1.29, 1.82) is 0 Å². The van der Waals surface area contributed by atoms with Gasteiger partial charge in [-0.2, -0.15) is 0 Å². The summed E-state index contributed by atoms with van der Waals surface area (Å²) in [7, 11) is 1.76. The Balaban J connectivity index is 1.96. The monoisotopic (exact) mass is 290 g/mol. The third-order valence-electron chi connectivity index (χ3n) is 4.23. The lowest BCUT2D eigenvalue weighted by Crippen LogP contribution is -2.40. The van der Waals surface area contributed by atoms with E-state index in [0.717, 1.165) is 24.8 Å². The van der Waals surface area contributed by atoms with Gasteiger partial charge < -0.3 is 15.7 Å². The minimum atomic E-state index is -0.933. The van der Waals surface area contributed by atoms with Gasteiger partial charge in [-0.15, -0.1) is 0 Å². The van der Waals surface area contributed by atoms with E-state index in [-0.39, 0.29) is 17.9 Å². The summed E-state index contributed by atoms with van der Waals surface area (Å²) in [6.07, 6.45) is 3.31. The molecule has 1 aliphatic carbocycles. The van der Waals surface area contributed by atoms with Crippen LogP contribution in [0.1, 0.15) is 35.2 Å². The fourth-order valence-electron chi connectivity index (χ4n) is 2.92. The van der Waals surface area contributed by atoms with E-state index in [2.05, 4.69) is 0 Å². The molecule has 2 unspecified atom stereocenters. The molecule has 114 valence electrons. The van der Waals surface area contributed by atoms with E-state index in [1.54, 1.807) is 30.1 Å². The summed E-state index contributed by atoms with van der Waals surface area (Å²) in [4.78, 5) is 25.2. The van der Waals surface area contributed by atoms with E-state index < -0.39 is 5.97 Å². The standard InChI is InChI=1S/C16H22N2O3/c1-18(15(19)13-7-4-8-14(13)17)10-9-11-5-2-3-6-12(11)16(20)21/h2-3,5-6,13-14H,4,7-10,17H2,1H3,(H,20,21). The van der Waals surface area contributed by atoms with Crippen LogP contribution in [0.4, 0.5) is 0 Å². The molecule has 0 radical (unpaired) electrons. The van der Waals surface area contributed by atoms with Crippen molar-refractivity contribution in [2.24, 2.45) is 11.7 Å². The van der Waals surface area contributed by atoms with Crippen LogP contribution < -0.4 is 5.73 Å². The highest BCUT2D eigenvalue weighted by atomic mass is 16.4. The van der Waals surface area contributed by atoms with Gasteiger partial charge in [-0.3, -0.25) is 4.79 Å². The summed E-state index contributed by atoms with van der Waals surface area (Å²) in [5, 5.41) is 9.15. The lowest BCUT2D eigenvalue weighted by molar-refractivity contribution is -0.134. The first-order valence-corrected chi connectivity index (χ1v) is 7.32. The molecule has 0 spiro atoms. The van der Waals surface area contributed by atoms with Crippen molar-refractivity contribution in [2.45, 2.75) is 31.7 Å². The largest absolute Gasteiger partial charge is 0.478 e. The molecule has 5 heteroatoms. The van der Waals surface area contributed by atoms with Crippen LogP contribution in [0.2, 0.25) is 0 Å². The molecule has 1 aromatic rings. The normalized spacial score (nSPS) is 21.2. The highest BCUT2D eigenvalue weighted by Gasteiger charge is 2.32. The maximum atomic E-state index is 12.3. The summed E-state index contributed by atoms with van der Waals surface area (Å²) >= 11 is 0. The van der Waals surface area contributed by atoms with E-state index >= 15 is 0 Å². The number of hydrogen-bond acceptors (Lipinski definition) is 3. The molecular weight excluding hydrogens is 268 g/mol. The van der Waals surface area contributed by atoms with E-state index in [0.29, 0.717) is 18.5 Å². The van der Waals surface area contributed by atoms with Crippen LogP contribution in [0.25, 0.3) is 0 Å². The van der Waals surface area contributed by atoms with Crippen molar-refractivity contribution in [2.75, 3.05) is 13.6 Å². The number of rotatable bonds is 5. The second-order valence-corrected chi connectivity index (χ2v) is 5.67. The number of nitrogens with two attached hydrogens (primary N) is 1. The van der Waals surface area contributed by atoms with Gasteiger partial charge in [-0.05, 0) is 30.9 Å². The van der Waals surface area contributed by atoms with E-state index in [9.17, 15) is 9.59 Å². The summed E-state index contributed by atoms with van der Waals surface area (Å²) in [5.74, 6) is -0.935. The van der Waals surface area contributed by atoms with Crippen molar-refractivity contribution in [3.63, 3.8) is 0 Å². The van der Waals surface area contributed by atoms with E-state index in [4.69, 9.17) is 10.8 Å². The Hall–Kier alpha value is -1.88. The third kappa shape index (κ3) is 3.61. The zero-order valence-corrected chi connectivity index (χ0v) is 12.3. The first kappa shape index (κ1) is 15.5. The fourth-order valence-corrected chi connectivity index (χ4v) is 2.92. The molecular formula is C16H22N2O3. The molecule has 2 rings (SSSR count). The number of likely N-dealkylation sites (N-methyl/N-ethyl adjacent to an activating group) is 1. The van der Waals surface area contributed by atoms with Gasteiger partial charge in [0.15, 0.2) is 0 Å². The minimum Gasteiger partial charge on any atom is -0.478 e. The lowest BCUT2D eigenvalue weighted by atomic mass is 10.0. The van der Waals surface area contributed by atoms with Gasteiger partial charge in [0.1, 0.15) is 0 Å². The Kier molecular flexibility index (Phi) is 4.96. The average molecular weight is 290 g/mol. The highest BCUT2D eigenvalue weighted by Crippen LogP contribution is 2.25. The van der Waals surface area contributed by atoms with Crippen LogP contribution in [0.5, 0.6) is 0 Å². The van der Waals surface area contributed by atoms with Crippen LogP contribution in [-0.4, -0.2) is 41.5 Å². The molecule has 3 N–H and O–H groups in total. The maximum absolute atomic E-state index is 12.3. The first-order valence-electron chi connectivity index (χ1n) is 7.32. The van der Waals surface area contributed by atoms with Gasteiger partial charge in [0.05, 0.1) is 11.5 Å². The number of amides is 1. The fraction of sp³-hybridized carbons (Fsp3) is 0.500. The Morgan fingerprint density at radius 3 is 2.67 bits per heavy atom. The predicted molar refractivity (Wildman–Crippen MR) is 80.1 cm³/mol. The zero-order chi connectivity index (χ0) is 15.4. The molecule has 2 atom stereocenters. The summed E-state index contributed by atoms with van der Waals surface area (Å²) in [6.45, 7) is 0.506. The van der Waals surface area contributed by atoms with Gasteiger partial charge in [0.25, 0.3) is 0 Å². The Morgan fingerprint density at radius 1 is 1.33 bits per heavy atom. The topological polar surface area (TPSA) is 83.6 Å². The number of carbonyl (C=O) groups excluding carboxylic acids is 1. The Morgan fingerprint density at radius 2 is 2.05 bits per heavy atom. The van der Waals surface area contributed by atoms with Crippen LogP contribution in [0.3, 0.4) is 0 Å². The van der Waals surface area contributed by atoms with Crippen molar-refractivity contribution in [1.82, 2.24) is 4.90 Å². The number of nitrogens with zero attached hydrogens (tertiary/aromatic N) is 1. The zero-order valence-electron chi connectivity index (χ0n) is 12.3. The maximum Gasteiger partial charge on any atom is 0.335 e. The van der Waals surface area contributed by atoms with Crippen molar-refractivity contribution in [3.8, 4) is 0 Å². The second-order valence-electron chi connectivity index (χ2n) is 5.67. The van der Waals surface area contributed by atoms with Crippen molar-refractivity contribution < 1.29 is 14.7 Å². The summed E-state index contributed by atoms with van der Waals surface area (Å²) < 4.78 is 0. The summed E-state index contributed by atoms with van der Waals surface area (Å²) in [6, 6.07) is 6.87. The molecule has 0 saturated heterocycles. The van der Waals surface area contributed by atoms with Gasteiger partial charge in [-0.25, -0.2) is 4.79 Å². The molecule has 5 nitrogen and oxygen atoms in total. The van der Waals surface area contributed by atoms with Gasteiger partial charge >= 0.3 is 5.97 Å². The lowest BCUT2D eigenvalue weighted by Gasteiger charge is -2.23. The molecule has 1 fully saturated rings. The quantitative estimate of drug-likeness (QED) is 0.861. The second kappa shape index (κ2) is 6.72. The molecule has 1 aliphatic rings. The molecule has 0 aromatic heterocycles. The molecule has 21 heavy (non-hydrogen) atoms. The van der Waals surface area contributed by atoms with Crippen LogP contribution in [0.15, 0.2) is 24.3 Å². The molecule has 1 saturated carbocycles. The molecule has 0 aliphatic heterocycles. The molecule has 1 aromatic carbocycles. The van der Waals surface area contributed by atoms with Crippen molar-refractivity contribution >= 4 is 11.9 Å². The number of hydrogen-bond donors (Lipinski definition) is 2. The van der Waals surface area contributed by atoms with Crippen LogP contribution in [0, 0.1) is 5.92 Å². The van der Waals surface area contributed by atoms with Crippen molar-refractivity contribution in [3.05, 3.63) is 35.4 Å². The first-order chi connectivity index (χ1) is 10.0. The smallest absolute Gasteiger partial charge is 0.335 e. The number of carboxylic acid groups (broad SMARTS) is 1. The number of carbonyl (C=O) groups is 2. The Bertz CT molecular complexity index is 530. The van der Waals surface area contributed by atoms with Crippen LogP contribution >= 0.6 is 0 Å². The van der Waals surface area contributed by atoms with Crippen LogP contribution in [-0.2, 0) is 11.2 Å². The van der Waals surface area contributed by atoms with Gasteiger partial charge in [0, 0.05) is 19.6 Å². The molecule has 0 bridgehead atoms. The number of carboxylic acids is 1. The van der Waals surface area contributed by atoms with E-state index in [1.165, 1.54) is 0 Å². The number of aromatic carboxylic acids is 1.